The molecule has 3 nitrogen and oxygen atoms in total. The maximum Gasteiger partial charge on any atom is 0.0507 e. The monoisotopic (exact) mass is 240 g/mol. The fourth-order valence-corrected chi connectivity index (χ4v) is 2.83. The molecule has 17 heavy (non-hydrogen) atoms. The van der Waals surface area contributed by atoms with E-state index in [2.05, 4.69) is 17.1 Å². The van der Waals surface area contributed by atoms with Crippen molar-refractivity contribution in [3.63, 3.8) is 0 Å². The van der Waals surface area contributed by atoms with Gasteiger partial charge in [-0.2, -0.15) is 0 Å². The number of rotatable bonds is 5. The van der Waals surface area contributed by atoms with E-state index in [1.54, 1.807) is 0 Å². The lowest BCUT2D eigenvalue weighted by Gasteiger charge is -2.20. The van der Waals surface area contributed by atoms with Crippen LogP contribution in [0.5, 0.6) is 0 Å². The summed E-state index contributed by atoms with van der Waals surface area (Å²) in [6.45, 7) is 10.4. The van der Waals surface area contributed by atoms with E-state index in [4.69, 9.17) is 4.74 Å². The Morgan fingerprint density at radius 1 is 1.24 bits per heavy atom. The SMILES string of the molecule is CC1CCCN(CCNCC2CCOC2)CC1. The molecule has 0 aromatic heterocycles. The molecule has 0 aromatic carbocycles. The average molecular weight is 240 g/mol. The van der Waals surface area contributed by atoms with Crippen molar-refractivity contribution in [2.75, 3.05) is 45.9 Å². The van der Waals surface area contributed by atoms with Gasteiger partial charge in [-0.25, -0.2) is 0 Å². The minimum atomic E-state index is 0.763. The molecule has 2 heterocycles. The Morgan fingerprint density at radius 2 is 2.18 bits per heavy atom. The highest BCUT2D eigenvalue weighted by atomic mass is 16.5. The lowest BCUT2D eigenvalue weighted by atomic mass is 10.0. The van der Waals surface area contributed by atoms with E-state index in [1.165, 1.54) is 45.3 Å². The van der Waals surface area contributed by atoms with Crippen molar-refractivity contribution in [3.8, 4) is 0 Å². The van der Waals surface area contributed by atoms with Gasteiger partial charge in [-0.1, -0.05) is 6.92 Å². The summed E-state index contributed by atoms with van der Waals surface area (Å²) in [5.74, 6) is 1.70. The van der Waals surface area contributed by atoms with Crippen LogP contribution < -0.4 is 5.32 Å². The molecule has 1 N–H and O–H groups in total. The zero-order valence-electron chi connectivity index (χ0n) is 11.3. The van der Waals surface area contributed by atoms with Crippen LogP contribution in [-0.4, -0.2) is 50.8 Å². The van der Waals surface area contributed by atoms with Crippen molar-refractivity contribution < 1.29 is 4.74 Å². The van der Waals surface area contributed by atoms with Crippen LogP contribution in [-0.2, 0) is 4.74 Å². The van der Waals surface area contributed by atoms with Crippen molar-refractivity contribution >= 4 is 0 Å². The number of nitrogens with one attached hydrogen (secondary N) is 1. The van der Waals surface area contributed by atoms with E-state index < -0.39 is 0 Å². The maximum absolute atomic E-state index is 5.38. The molecule has 2 aliphatic heterocycles. The van der Waals surface area contributed by atoms with Crippen LogP contribution in [0.15, 0.2) is 0 Å². The lowest BCUT2D eigenvalue weighted by molar-refractivity contribution is 0.185. The first-order valence-corrected chi connectivity index (χ1v) is 7.35. The second kappa shape index (κ2) is 7.34. The molecule has 0 aliphatic carbocycles. The minimum Gasteiger partial charge on any atom is -0.381 e. The molecule has 2 atom stereocenters. The van der Waals surface area contributed by atoms with Crippen molar-refractivity contribution in [3.05, 3.63) is 0 Å². The summed E-state index contributed by atoms with van der Waals surface area (Å²) >= 11 is 0. The van der Waals surface area contributed by atoms with Gasteiger partial charge < -0.3 is 15.0 Å². The van der Waals surface area contributed by atoms with E-state index in [0.29, 0.717) is 0 Å². The molecule has 0 bridgehead atoms. The normalized spacial score (nSPS) is 31.6. The summed E-state index contributed by atoms with van der Waals surface area (Å²) in [4.78, 5) is 2.63. The van der Waals surface area contributed by atoms with Crippen LogP contribution in [0.25, 0.3) is 0 Å². The molecule has 0 radical (unpaired) electrons. The summed E-state index contributed by atoms with van der Waals surface area (Å²) in [6, 6.07) is 0. The van der Waals surface area contributed by atoms with E-state index >= 15 is 0 Å². The highest BCUT2D eigenvalue weighted by molar-refractivity contribution is 4.70. The van der Waals surface area contributed by atoms with Crippen LogP contribution in [0, 0.1) is 11.8 Å². The van der Waals surface area contributed by atoms with Gasteiger partial charge in [-0.15, -0.1) is 0 Å². The molecule has 0 saturated carbocycles. The second-order valence-corrected chi connectivity index (χ2v) is 5.81. The summed E-state index contributed by atoms with van der Waals surface area (Å²) in [6.07, 6.45) is 5.44. The first-order valence-electron chi connectivity index (χ1n) is 7.35. The molecule has 3 heteroatoms. The number of nitrogens with zero attached hydrogens (tertiary/aromatic N) is 1. The third-order valence-corrected chi connectivity index (χ3v) is 4.17. The quantitative estimate of drug-likeness (QED) is 0.741. The Kier molecular flexibility index (Phi) is 5.75. The minimum absolute atomic E-state index is 0.763. The third-order valence-electron chi connectivity index (χ3n) is 4.17. The molecular weight excluding hydrogens is 212 g/mol. The molecule has 2 fully saturated rings. The Morgan fingerprint density at radius 3 is 3.00 bits per heavy atom. The fraction of sp³-hybridized carbons (Fsp3) is 1.00. The maximum atomic E-state index is 5.38. The number of likely N-dealkylation sites (tertiary alicyclic amines) is 1. The molecule has 2 unspecified atom stereocenters. The Balaban J connectivity index is 1.52. The van der Waals surface area contributed by atoms with Gasteiger partial charge in [0.25, 0.3) is 0 Å². The molecular formula is C14H28N2O. The fourth-order valence-electron chi connectivity index (χ4n) is 2.83. The van der Waals surface area contributed by atoms with Crippen LogP contribution in [0.3, 0.4) is 0 Å². The van der Waals surface area contributed by atoms with Gasteiger partial charge in [-0.3, -0.25) is 0 Å². The third kappa shape index (κ3) is 4.94. The average Bonchev–Trinajstić information content (AvgIpc) is 2.75. The number of hydrogen-bond acceptors (Lipinski definition) is 3. The standard InChI is InChI=1S/C14H28N2O/c1-13-3-2-7-16(8-4-13)9-6-15-11-14-5-10-17-12-14/h13-15H,2-12H2,1H3. The Bertz CT molecular complexity index is 204. The molecule has 2 rings (SSSR count). The topological polar surface area (TPSA) is 24.5 Å². The number of ether oxygens (including phenoxy) is 1. The van der Waals surface area contributed by atoms with Crippen molar-refractivity contribution in [2.24, 2.45) is 11.8 Å². The Hall–Kier alpha value is -0.120. The summed E-state index contributed by atoms with van der Waals surface area (Å²) in [5, 5.41) is 3.58. The first-order chi connectivity index (χ1) is 8.34. The van der Waals surface area contributed by atoms with Crippen molar-refractivity contribution in [1.82, 2.24) is 10.2 Å². The predicted octanol–water partition coefficient (Wildman–Crippen LogP) is 1.73. The zero-order chi connectivity index (χ0) is 11.9. The highest BCUT2D eigenvalue weighted by Gasteiger charge is 2.15. The van der Waals surface area contributed by atoms with Crippen LogP contribution in [0.1, 0.15) is 32.6 Å². The molecule has 2 saturated heterocycles. The molecule has 2 aliphatic rings. The van der Waals surface area contributed by atoms with Crippen molar-refractivity contribution in [1.29, 1.82) is 0 Å². The smallest absolute Gasteiger partial charge is 0.0507 e. The van der Waals surface area contributed by atoms with Gasteiger partial charge in [-0.05, 0) is 50.6 Å². The van der Waals surface area contributed by atoms with Crippen molar-refractivity contribution in [2.45, 2.75) is 32.6 Å². The molecule has 0 amide bonds. The predicted molar refractivity (Wildman–Crippen MR) is 71.3 cm³/mol. The zero-order valence-corrected chi connectivity index (χ0v) is 11.3. The van der Waals surface area contributed by atoms with E-state index in [-0.39, 0.29) is 0 Å². The van der Waals surface area contributed by atoms with Gasteiger partial charge in [0, 0.05) is 26.2 Å². The summed E-state index contributed by atoms with van der Waals surface area (Å²) in [5.41, 5.74) is 0. The molecule has 0 spiro atoms. The van der Waals surface area contributed by atoms with Crippen LogP contribution >= 0.6 is 0 Å². The largest absolute Gasteiger partial charge is 0.381 e. The molecule has 0 aromatic rings. The summed E-state index contributed by atoms with van der Waals surface area (Å²) in [7, 11) is 0. The van der Waals surface area contributed by atoms with Gasteiger partial charge >= 0.3 is 0 Å². The molecule has 100 valence electrons. The number of hydrogen-bond donors (Lipinski definition) is 1. The van der Waals surface area contributed by atoms with Gasteiger partial charge in [0.15, 0.2) is 0 Å². The highest BCUT2D eigenvalue weighted by Crippen LogP contribution is 2.16. The second-order valence-electron chi connectivity index (χ2n) is 5.81. The van der Waals surface area contributed by atoms with E-state index in [0.717, 1.165) is 38.1 Å². The first kappa shape index (κ1) is 13.3. The van der Waals surface area contributed by atoms with Gasteiger partial charge in [0.05, 0.1) is 6.61 Å². The summed E-state index contributed by atoms with van der Waals surface area (Å²) < 4.78 is 5.38. The van der Waals surface area contributed by atoms with E-state index in [1.807, 2.05) is 0 Å². The lowest BCUT2D eigenvalue weighted by Crippen LogP contribution is -2.34. The van der Waals surface area contributed by atoms with Crippen LogP contribution in [0.4, 0.5) is 0 Å². The van der Waals surface area contributed by atoms with Gasteiger partial charge in [0.2, 0.25) is 0 Å². The van der Waals surface area contributed by atoms with E-state index in [9.17, 15) is 0 Å². The Labute approximate surface area is 106 Å². The van der Waals surface area contributed by atoms with Gasteiger partial charge in [0.1, 0.15) is 0 Å². The van der Waals surface area contributed by atoms with Crippen LogP contribution in [0.2, 0.25) is 0 Å².